The number of hydrogen-bond donors (Lipinski definition) is 1. The van der Waals surface area contributed by atoms with Crippen molar-refractivity contribution in [2.75, 3.05) is 6.26 Å². The predicted molar refractivity (Wildman–Crippen MR) is 52.3 cm³/mol. The summed E-state index contributed by atoms with van der Waals surface area (Å²) < 4.78 is 0. The van der Waals surface area contributed by atoms with Gasteiger partial charge in [-0.15, -0.1) is 0 Å². The van der Waals surface area contributed by atoms with E-state index >= 15 is 0 Å². The molecule has 5 nitrogen and oxygen atoms in total. The minimum absolute atomic E-state index is 0.238. The van der Waals surface area contributed by atoms with Crippen molar-refractivity contribution in [3.63, 3.8) is 0 Å². The van der Waals surface area contributed by atoms with Crippen molar-refractivity contribution in [2.45, 2.75) is 6.04 Å². The lowest BCUT2D eigenvalue weighted by atomic mass is 10.2. The normalized spacial score (nSPS) is 26.1. The summed E-state index contributed by atoms with van der Waals surface area (Å²) in [6, 6.07) is -0.238. The van der Waals surface area contributed by atoms with E-state index in [1.807, 2.05) is 6.26 Å². The summed E-state index contributed by atoms with van der Waals surface area (Å²) in [5, 5.41) is 0.715. The Kier molecular flexibility index (Phi) is 1.69. The summed E-state index contributed by atoms with van der Waals surface area (Å²) in [5.74, 6) is 1.11. The summed E-state index contributed by atoms with van der Waals surface area (Å²) in [4.78, 5) is 16.2. The monoisotopic (exact) mass is 181 g/mol. The fraction of sp³-hybridized carbons (Fsp3) is 0.333. The Morgan fingerprint density at radius 1 is 1.58 bits per heavy atom. The molecule has 0 aromatic rings. The molecule has 0 saturated heterocycles. The van der Waals surface area contributed by atoms with Gasteiger partial charge in [0.2, 0.25) is 0 Å². The van der Waals surface area contributed by atoms with Crippen LogP contribution in [0.3, 0.4) is 0 Å². The Morgan fingerprint density at radius 2 is 2.42 bits per heavy atom. The summed E-state index contributed by atoms with van der Waals surface area (Å²) in [5.41, 5.74) is 5.60. The van der Waals surface area contributed by atoms with Crippen LogP contribution in [0.4, 0.5) is 0 Å². The van der Waals surface area contributed by atoms with Gasteiger partial charge in [-0.2, -0.15) is 0 Å². The van der Waals surface area contributed by atoms with Gasteiger partial charge in [0.05, 0.1) is 0 Å². The lowest BCUT2D eigenvalue weighted by Crippen LogP contribution is -2.34. The van der Waals surface area contributed by atoms with E-state index in [1.54, 1.807) is 0 Å². The first kappa shape index (κ1) is 7.48. The highest BCUT2D eigenvalue weighted by Crippen LogP contribution is 2.15. The predicted octanol–water partition coefficient (Wildman–Crippen LogP) is -0.115. The zero-order valence-electron chi connectivity index (χ0n) is 6.43. The summed E-state index contributed by atoms with van der Waals surface area (Å²) in [6.07, 6.45) is 3.32. The number of rotatable bonds is 0. The highest BCUT2D eigenvalue weighted by atomic mass is 32.2. The van der Waals surface area contributed by atoms with E-state index in [-0.39, 0.29) is 6.04 Å². The van der Waals surface area contributed by atoms with Gasteiger partial charge in [0.25, 0.3) is 0 Å². The van der Waals surface area contributed by atoms with Gasteiger partial charge in [0.15, 0.2) is 17.0 Å². The molecule has 6 heteroatoms. The molecule has 2 rings (SSSR count). The molecule has 12 heavy (non-hydrogen) atoms. The van der Waals surface area contributed by atoms with Crippen molar-refractivity contribution in [3.05, 3.63) is 0 Å². The molecule has 0 bridgehead atoms. The van der Waals surface area contributed by atoms with Crippen LogP contribution in [0.15, 0.2) is 20.0 Å². The molecule has 1 atom stereocenters. The van der Waals surface area contributed by atoms with Crippen molar-refractivity contribution < 1.29 is 0 Å². The van der Waals surface area contributed by atoms with E-state index < -0.39 is 0 Å². The van der Waals surface area contributed by atoms with Crippen LogP contribution in [0, 0.1) is 0 Å². The Morgan fingerprint density at radius 3 is 3.08 bits per heavy atom. The maximum Gasteiger partial charge on any atom is 0.185 e. The molecule has 0 aliphatic carbocycles. The van der Waals surface area contributed by atoms with E-state index in [4.69, 9.17) is 5.73 Å². The molecule has 0 aromatic carbocycles. The second kappa shape index (κ2) is 2.71. The number of thioether (sulfide) groups is 1. The second-order valence-corrected chi connectivity index (χ2v) is 3.06. The first-order chi connectivity index (χ1) is 5.81. The third kappa shape index (κ3) is 1.04. The lowest BCUT2D eigenvalue weighted by Gasteiger charge is -2.07. The molecule has 2 heterocycles. The van der Waals surface area contributed by atoms with Crippen LogP contribution in [0.25, 0.3) is 0 Å². The first-order valence-corrected chi connectivity index (χ1v) is 4.60. The van der Waals surface area contributed by atoms with E-state index in [1.165, 1.54) is 18.1 Å². The van der Waals surface area contributed by atoms with Crippen LogP contribution in [-0.4, -0.2) is 35.5 Å². The SMILES string of the molecule is CSC1=NC2C(N)=NC=NC2=N1. The summed E-state index contributed by atoms with van der Waals surface area (Å²) in [7, 11) is 0. The zero-order valence-corrected chi connectivity index (χ0v) is 7.25. The van der Waals surface area contributed by atoms with E-state index in [0.29, 0.717) is 16.8 Å². The van der Waals surface area contributed by atoms with Gasteiger partial charge in [-0.05, 0) is 6.26 Å². The Labute approximate surface area is 73.6 Å². The fourth-order valence-corrected chi connectivity index (χ4v) is 1.37. The number of amidine groups is 3. The van der Waals surface area contributed by atoms with Gasteiger partial charge >= 0.3 is 0 Å². The molecule has 0 radical (unpaired) electrons. The zero-order chi connectivity index (χ0) is 8.55. The average Bonchev–Trinajstić information content (AvgIpc) is 2.49. The van der Waals surface area contributed by atoms with Crippen LogP contribution >= 0.6 is 11.8 Å². The molecular formula is C6H7N5S. The Hall–Kier alpha value is -1.17. The molecule has 2 aliphatic heterocycles. The van der Waals surface area contributed by atoms with Crippen molar-refractivity contribution >= 4 is 34.9 Å². The van der Waals surface area contributed by atoms with Gasteiger partial charge < -0.3 is 5.73 Å². The molecule has 0 fully saturated rings. The van der Waals surface area contributed by atoms with Gasteiger partial charge in [-0.3, -0.25) is 0 Å². The highest BCUT2D eigenvalue weighted by Gasteiger charge is 2.27. The molecule has 0 amide bonds. The molecule has 2 aliphatic rings. The van der Waals surface area contributed by atoms with E-state index in [0.717, 1.165) is 0 Å². The molecule has 0 saturated carbocycles. The average molecular weight is 181 g/mol. The maximum atomic E-state index is 5.60. The molecule has 62 valence electrons. The topological polar surface area (TPSA) is 75.5 Å². The van der Waals surface area contributed by atoms with Gasteiger partial charge in [0.1, 0.15) is 12.2 Å². The summed E-state index contributed by atoms with van der Waals surface area (Å²) >= 11 is 1.48. The standard InChI is InChI=1S/C6H7N5S/c1-12-6-10-3-4(7)8-2-9-5(3)11-6/h2-3H,1H3,(H2,7,8,9,10,11). The minimum Gasteiger partial charge on any atom is -0.385 e. The Bertz CT molecular complexity index is 327. The van der Waals surface area contributed by atoms with E-state index in [9.17, 15) is 0 Å². The highest BCUT2D eigenvalue weighted by molar-refractivity contribution is 8.13. The number of hydrogen-bond acceptors (Lipinski definition) is 6. The van der Waals surface area contributed by atoms with Crippen LogP contribution in [0.1, 0.15) is 0 Å². The van der Waals surface area contributed by atoms with Gasteiger partial charge in [-0.1, -0.05) is 11.8 Å². The molecule has 0 spiro atoms. The van der Waals surface area contributed by atoms with E-state index in [2.05, 4.69) is 20.0 Å². The van der Waals surface area contributed by atoms with Gasteiger partial charge in [-0.25, -0.2) is 20.0 Å². The maximum absolute atomic E-state index is 5.60. The van der Waals surface area contributed by atoms with Crippen molar-refractivity contribution in [1.82, 2.24) is 0 Å². The molecule has 2 N–H and O–H groups in total. The van der Waals surface area contributed by atoms with Crippen LogP contribution in [0.5, 0.6) is 0 Å². The van der Waals surface area contributed by atoms with Crippen molar-refractivity contribution in [2.24, 2.45) is 25.7 Å². The van der Waals surface area contributed by atoms with Crippen molar-refractivity contribution in [3.8, 4) is 0 Å². The smallest absolute Gasteiger partial charge is 0.185 e. The second-order valence-electron chi connectivity index (χ2n) is 2.29. The number of aliphatic imine (C=N–C) groups is 4. The van der Waals surface area contributed by atoms with Crippen LogP contribution < -0.4 is 5.73 Å². The quantitative estimate of drug-likeness (QED) is 0.566. The third-order valence-corrected chi connectivity index (χ3v) is 2.12. The number of nitrogens with two attached hydrogens (primary N) is 1. The number of nitrogens with zero attached hydrogens (tertiary/aromatic N) is 4. The van der Waals surface area contributed by atoms with Gasteiger partial charge in [0, 0.05) is 0 Å². The Balaban J connectivity index is 2.35. The molecule has 0 aromatic heterocycles. The van der Waals surface area contributed by atoms with Crippen LogP contribution in [-0.2, 0) is 0 Å². The molecular weight excluding hydrogens is 174 g/mol. The summed E-state index contributed by atoms with van der Waals surface area (Å²) in [6.45, 7) is 0. The fourth-order valence-electron chi connectivity index (χ4n) is 0.978. The number of fused-ring (bicyclic) bond motifs is 1. The van der Waals surface area contributed by atoms with Crippen LogP contribution in [0.2, 0.25) is 0 Å². The molecule has 1 unspecified atom stereocenters. The minimum atomic E-state index is -0.238. The lowest BCUT2D eigenvalue weighted by molar-refractivity contribution is 1.12. The third-order valence-electron chi connectivity index (χ3n) is 1.55. The van der Waals surface area contributed by atoms with Crippen molar-refractivity contribution in [1.29, 1.82) is 0 Å². The first-order valence-electron chi connectivity index (χ1n) is 3.37. The largest absolute Gasteiger partial charge is 0.385 e.